The first-order valence-electron chi connectivity index (χ1n) is 11.1. The van der Waals surface area contributed by atoms with Crippen LogP contribution in [0.1, 0.15) is 21.7 Å². The summed E-state index contributed by atoms with van der Waals surface area (Å²) < 4.78 is 1.89. The highest BCUT2D eigenvalue weighted by atomic mass is 16.1. The van der Waals surface area contributed by atoms with Gasteiger partial charge >= 0.3 is 0 Å². The molecule has 3 aromatic heterocycles. The molecule has 1 amide bonds. The standard InChI is InChI=1S/C24H27N7O2/c1-15-20(7-6-18(27-15)23(32)25-2)31-10-8-30(9-11-31)13-16-4-5-17-19(12-16)28-24(33)21-22(17)29(3)14-26-21/h4-7,12,14H,8-11,13H2,1-3H3,(H,25,32)(H,28,33). The molecule has 1 aliphatic heterocycles. The summed E-state index contributed by atoms with van der Waals surface area (Å²) in [4.78, 5) is 40.6. The van der Waals surface area contributed by atoms with Gasteiger partial charge in [0.25, 0.3) is 11.5 Å². The molecule has 33 heavy (non-hydrogen) atoms. The van der Waals surface area contributed by atoms with E-state index in [1.807, 2.05) is 24.6 Å². The van der Waals surface area contributed by atoms with E-state index < -0.39 is 0 Å². The van der Waals surface area contributed by atoms with Crippen molar-refractivity contribution in [2.24, 2.45) is 7.05 Å². The zero-order chi connectivity index (χ0) is 23.1. The number of benzene rings is 1. The Kier molecular flexibility index (Phi) is 5.33. The molecule has 170 valence electrons. The van der Waals surface area contributed by atoms with E-state index in [4.69, 9.17) is 0 Å². The van der Waals surface area contributed by atoms with Gasteiger partial charge in [-0.05, 0) is 30.7 Å². The molecule has 1 fully saturated rings. The fourth-order valence-electron chi connectivity index (χ4n) is 4.64. The van der Waals surface area contributed by atoms with Crippen LogP contribution in [0.3, 0.4) is 0 Å². The average molecular weight is 446 g/mol. The smallest absolute Gasteiger partial charge is 0.276 e. The van der Waals surface area contributed by atoms with Gasteiger partial charge in [-0.25, -0.2) is 9.97 Å². The Morgan fingerprint density at radius 2 is 1.94 bits per heavy atom. The SMILES string of the molecule is CNC(=O)c1ccc(N2CCN(Cc3ccc4c(c3)[nH]c(=O)c3ncn(C)c34)CC2)c(C)n1. The summed E-state index contributed by atoms with van der Waals surface area (Å²) in [6.07, 6.45) is 1.68. The first-order valence-corrected chi connectivity index (χ1v) is 11.1. The molecule has 1 aromatic carbocycles. The maximum absolute atomic E-state index is 12.4. The Balaban J connectivity index is 1.29. The van der Waals surface area contributed by atoms with E-state index in [0.717, 1.165) is 60.5 Å². The van der Waals surface area contributed by atoms with Crippen molar-refractivity contribution in [3.8, 4) is 0 Å². The lowest BCUT2D eigenvalue weighted by Crippen LogP contribution is -2.46. The van der Waals surface area contributed by atoms with Gasteiger partial charge in [-0.15, -0.1) is 0 Å². The van der Waals surface area contributed by atoms with E-state index >= 15 is 0 Å². The summed E-state index contributed by atoms with van der Waals surface area (Å²) in [6, 6.07) is 10.0. The largest absolute Gasteiger partial charge is 0.368 e. The highest BCUT2D eigenvalue weighted by Crippen LogP contribution is 2.24. The van der Waals surface area contributed by atoms with E-state index in [2.05, 4.69) is 48.3 Å². The van der Waals surface area contributed by atoms with E-state index in [1.54, 1.807) is 19.4 Å². The molecular weight excluding hydrogens is 418 g/mol. The van der Waals surface area contributed by atoms with Crippen LogP contribution < -0.4 is 15.8 Å². The number of amides is 1. The van der Waals surface area contributed by atoms with Crippen molar-refractivity contribution in [2.75, 3.05) is 38.1 Å². The molecule has 0 atom stereocenters. The van der Waals surface area contributed by atoms with Crippen molar-refractivity contribution in [3.63, 3.8) is 0 Å². The molecule has 0 radical (unpaired) electrons. The number of piperazine rings is 1. The number of imidazole rings is 1. The maximum Gasteiger partial charge on any atom is 0.276 e. The van der Waals surface area contributed by atoms with Crippen LogP contribution in [0.5, 0.6) is 0 Å². The minimum Gasteiger partial charge on any atom is -0.368 e. The summed E-state index contributed by atoms with van der Waals surface area (Å²) in [6.45, 7) is 6.40. The number of anilines is 1. The summed E-state index contributed by atoms with van der Waals surface area (Å²) in [7, 11) is 3.52. The minimum absolute atomic E-state index is 0.157. The molecule has 4 heterocycles. The summed E-state index contributed by atoms with van der Waals surface area (Å²) in [5, 5.41) is 3.62. The zero-order valence-electron chi connectivity index (χ0n) is 19.1. The number of H-pyrrole nitrogens is 1. The van der Waals surface area contributed by atoms with Crippen molar-refractivity contribution >= 4 is 33.5 Å². The number of hydrogen-bond donors (Lipinski definition) is 2. The summed E-state index contributed by atoms with van der Waals surface area (Å²) >= 11 is 0. The van der Waals surface area contributed by atoms with Gasteiger partial charge in [-0.2, -0.15) is 0 Å². The first-order chi connectivity index (χ1) is 15.9. The van der Waals surface area contributed by atoms with Gasteiger partial charge in [0.2, 0.25) is 0 Å². The van der Waals surface area contributed by atoms with Crippen LogP contribution in [0.15, 0.2) is 41.5 Å². The lowest BCUT2D eigenvalue weighted by molar-refractivity contribution is 0.0958. The highest BCUT2D eigenvalue weighted by molar-refractivity contribution is 6.02. The number of nitrogens with one attached hydrogen (secondary N) is 2. The number of fused-ring (bicyclic) bond motifs is 3. The Labute approximate surface area is 191 Å². The normalized spacial score (nSPS) is 14.8. The fraction of sp³-hybridized carbons (Fsp3) is 0.333. The molecule has 5 rings (SSSR count). The van der Waals surface area contributed by atoms with E-state index in [0.29, 0.717) is 11.2 Å². The van der Waals surface area contributed by atoms with E-state index in [9.17, 15) is 9.59 Å². The van der Waals surface area contributed by atoms with Gasteiger partial charge in [-0.3, -0.25) is 14.5 Å². The predicted molar refractivity (Wildman–Crippen MR) is 129 cm³/mol. The summed E-state index contributed by atoms with van der Waals surface area (Å²) in [5.41, 5.74) is 5.56. The zero-order valence-corrected chi connectivity index (χ0v) is 19.1. The predicted octanol–water partition coefficient (Wildman–Crippen LogP) is 1.80. The van der Waals surface area contributed by atoms with Crippen molar-refractivity contribution in [1.82, 2.24) is 29.7 Å². The highest BCUT2D eigenvalue weighted by Gasteiger charge is 2.20. The van der Waals surface area contributed by atoms with Crippen molar-refractivity contribution in [2.45, 2.75) is 13.5 Å². The third kappa shape index (κ3) is 3.84. The quantitative estimate of drug-likeness (QED) is 0.497. The Morgan fingerprint density at radius 3 is 2.67 bits per heavy atom. The monoisotopic (exact) mass is 445 g/mol. The van der Waals surface area contributed by atoms with Crippen LogP contribution in [0.25, 0.3) is 21.9 Å². The van der Waals surface area contributed by atoms with Crippen LogP contribution >= 0.6 is 0 Å². The molecule has 2 N–H and O–H groups in total. The van der Waals surface area contributed by atoms with Crippen molar-refractivity contribution in [3.05, 3.63) is 64.0 Å². The molecule has 9 heteroatoms. The number of aryl methyl sites for hydroxylation is 2. The first kappa shape index (κ1) is 21.1. The molecule has 0 saturated carbocycles. The number of carbonyl (C=O) groups is 1. The molecule has 1 aliphatic rings. The van der Waals surface area contributed by atoms with E-state index in [-0.39, 0.29) is 11.5 Å². The van der Waals surface area contributed by atoms with Gasteiger partial charge in [-0.1, -0.05) is 12.1 Å². The van der Waals surface area contributed by atoms with E-state index in [1.165, 1.54) is 5.56 Å². The Morgan fingerprint density at radius 1 is 1.15 bits per heavy atom. The van der Waals surface area contributed by atoms with Crippen molar-refractivity contribution < 1.29 is 4.79 Å². The summed E-state index contributed by atoms with van der Waals surface area (Å²) in [5.74, 6) is -0.171. The maximum atomic E-state index is 12.4. The molecule has 0 aliphatic carbocycles. The lowest BCUT2D eigenvalue weighted by Gasteiger charge is -2.36. The number of pyridine rings is 2. The number of carbonyl (C=O) groups excluding carboxylic acids is 1. The number of rotatable bonds is 4. The molecule has 9 nitrogen and oxygen atoms in total. The van der Waals surface area contributed by atoms with Crippen LogP contribution in [0.2, 0.25) is 0 Å². The number of aromatic nitrogens is 4. The Bertz CT molecular complexity index is 1410. The second kappa shape index (κ2) is 8.32. The molecule has 0 spiro atoms. The van der Waals surface area contributed by atoms with Gasteiger partial charge in [0.15, 0.2) is 5.52 Å². The average Bonchev–Trinajstić information content (AvgIpc) is 3.21. The number of hydrogen-bond acceptors (Lipinski definition) is 6. The van der Waals surface area contributed by atoms with Gasteiger partial charge in [0, 0.05) is 52.2 Å². The van der Waals surface area contributed by atoms with Gasteiger partial charge in [0.1, 0.15) is 5.69 Å². The second-order valence-electron chi connectivity index (χ2n) is 8.53. The minimum atomic E-state index is -0.171. The van der Waals surface area contributed by atoms with Crippen LogP contribution in [0.4, 0.5) is 5.69 Å². The van der Waals surface area contributed by atoms with Gasteiger partial charge in [0.05, 0.1) is 28.7 Å². The van der Waals surface area contributed by atoms with Crippen LogP contribution in [-0.4, -0.2) is 63.6 Å². The molecule has 0 bridgehead atoms. The molecule has 4 aromatic rings. The lowest BCUT2D eigenvalue weighted by atomic mass is 10.1. The fourth-order valence-corrected chi connectivity index (χ4v) is 4.64. The number of aromatic amines is 1. The van der Waals surface area contributed by atoms with Crippen LogP contribution in [0, 0.1) is 6.92 Å². The third-order valence-electron chi connectivity index (χ3n) is 6.38. The third-order valence-corrected chi connectivity index (χ3v) is 6.38. The Hall–Kier alpha value is -3.72. The van der Waals surface area contributed by atoms with Gasteiger partial charge < -0.3 is 19.8 Å². The molecule has 0 unspecified atom stereocenters. The van der Waals surface area contributed by atoms with Crippen LogP contribution in [-0.2, 0) is 13.6 Å². The molecular formula is C24H27N7O2. The van der Waals surface area contributed by atoms with Crippen molar-refractivity contribution in [1.29, 1.82) is 0 Å². The topological polar surface area (TPSA) is 99.1 Å². The second-order valence-corrected chi connectivity index (χ2v) is 8.53. The number of nitrogens with zero attached hydrogens (tertiary/aromatic N) is 5. The molecule has 1 saturated heterocycles.